The zero-order chi connectivity index (χ0) is 17.8. The minimum absolute atomic E-state index is 0.483. The van der Waals surface area contributed by atoms with E-state index in [0.717, 1.165) is 35.2 Å². The summed E-state index contributed by atoms with van der Waals surface area (Å²) in [5.74, 6) is 0.883. The molecular weight excluding hydrogens is 318 g/mol. The van der Waals surface area contributed by atoms with Crippen LogP contribution in [-0.4, -0.2) is 4.98 Å². The second kappa shape index (κ2) is 7.57. The lowest BCUT2D eigenvalue weighted by atomic mass is 9.93. The molecule has 0 atom stereocenters. The summed E-state index contributed by atoms with van der Waals surface area (Å²) in [6.45, 7) is 2.69. The fourth-order valence-corrected chi connectivity index (χ4v) is 3.33. The summed E-state index contributed by atoms with van der Waals surface area (Å²) in [6, 6.07) is 20.7. The Labute approximate surface area is 154 Å². The Bertz CT molecular complexity index is 967. The molecule has 1 heterocycles. The first kappa shape index (κ1) is 16.6. The van der Waals surface area contributed by atoms with Gasteiger partial charge in [0, 0.05) is 5.39 Å². The van der Waals surface area contributed by atoms with Crippen LogP contribution in [0.3, 0.4) is 0 Å². The third-order valence-electron chi connectivity index (χ3n) is 4.88. The largest absolute Gasteiger partial charge is 0.487 e. The van der Waals surface area contributed by atoms with Crippen molar-refractivity contribution >= 4 is 10.9 Å². The zero-order valence-electron chi connectivity index (χ0n) is 15.1. The minimum atomic E-state index is 0.483. The Balaban J connectivity index is 1.39. The van der Waals surface area contributed by atoms with Gasteiger partial charge in [0.05, 0.1) is 11.2 Å². The molecule has 0 fully saturated rings. The molecule has 0 N–H and O–H groups in total. The molecule has 1 aromatic heterocycles. The highest BCUT2D eigenvalue weighted by Gasteiger charge is 2.06. The average Bonchev–Trinajstić information content (AvgIpc) is 2.69. The van der Waals surface area contributed by atoms with Crippen LogP contribution in [-0.2, 0) is 13.0 Å². The molecule has 0 aliphatic heterocycles. The van der Waals surface area contributed by atoms with Crippen molar-refractivity contribution < 1.29 is 4.74 Å². The standard InChI is InChI=1S/C24H23NO/c1-18-6-2-3-8-21(18)16-19-10-14-23(15-11-19)26-17-22-13-12-20-7-4-5-9-24(20)25-22/h4-15H,2-3,16-17H2,1H3. The number of para-hydroxylation sites is 1. The Kier molecular flexibility index (Phi) is 4.83. The number of hydrogen-bond donors (Lipinski definition) is 0. The first-order valence-electron chi connectivity index (χ1n) is 9.20. The maximum Gasteiger partial charge on any atom is 0.130 e. The van der Waals surface area contributed by atoms with Crippen LogP contribution in [0.1, 0.15) is 31.0 Å². The molecule has 3 aromatic rings. The van der Waals surface area contributed by atoms with Gasteiger partial charge in [0.15, 0.2) is 0 Å². The first-order valence-corrected chi connectivity index (χ1v) is 9.20. The quantitative estimate of drug-likeness (QED) is 0.566. The number of pyridine rings is 1. The lowest BCUT2D eigenvalue weighted by Gasteiger charge is -2.13. The maximum atomic E-state index is 5.92. The summed E-state index contributed by atoms with van der Waals surface area (Å²) >= 11 is 0. The Morgan fingerprint density at radius 2 is 1.69 bits per heavy atom. The maximum absolute atomic E-state index is 5.92. The summed E-state index contributed by atoms with van der Waals surface area (Å²) < 4.78 is 5.92. The average molecular weight is 341 g/mol. The van der Waals surface area contributed by atoms with Crippen LogP contribution in [0.25, 0.3) is 10.9 Å². The van der Waals surface area contributed by atoms with Crippen molar-refractivity contribution in [2.24, 2.45) is 0 Å². The third-order valence-corrected chi connectivity index (χ3v) is 4.88. The Hall–Kier alpha value is -2.87. The number of hydrogen-bond acceptors (Lipinski definition) is 2. The van der Waals surface area contributed by atoms with Gasteiger partial charge >= 0.3 is 0 Å². The molecule has 130 valence electrons. The molecule has 4 rings (SSSR count). The van der Waals surface area contributed by atoms with Gasteiger partial charge in [-0.05, 0) is 61.6 Å². The zero-order valence-corrected chi connectivity index (χ0v) is 15.1. The first-order chi connectivity index (χ1) is 12.8. The van der Waals surface area contributed by atoms with Crippen molar-refractivity contribution in [2.45, 2.75) is 32.8 Å². The number of benzene rings is 2. The monoisotopic (exact) mass is 341 g/mol. The predicted octanol–water partition coefficient (Wildman–Crippen LogP) is 6.02. The Morgan fingerprint density at radius 3 is 2.54 bits per heavy atom. The number of allylic oxidation sites excluding steroid dienone is 4. The van der Waals surface area contributed by atoms with Gasteiger partial charge in [-0.2, -0.15) is 0 Å². The second-order valence-corrected chi connectivity index (χ2v) is 6.80. The fraction of sp³-hybridized carbons (Fsp3) is 0.208. The van der Waals surface area contributed by atoms with Crippen molar-refractivity contribution in [3.05, 3.63) is 95.2 Å². The molecule has 0 amide bonds. The van der Waals surface area contributed by atoms with Crippen LogP contribution in [0.5, 0.6) is 5.75 Å². The summed E-state index contributed by atoms with van der Waals surface area (Å²) in [4.78, 5) is 4.65. The SMILES string of the molecule is CC1=CCCC=C1Cc1ccc(OCc2ccc3ccccc3n2)cc1. The molecule has 0 radical (unpaired) electrons. The van der Waals surface area contributed by atoms with E-state index < -0.39 is 0 Å². The molecule has 0 saturated heterocycles. The van der Waals surface area contributed by atoms with E-state index >= 15 is 0 Å². The highest BCUT2D eigenvalue weighted by molar-refractivity contribution is 5.78. The summed E-state index contributed by atoms with van der Waals surface area (Å²) in [5.41, 5.74) is 6.14. The topological polar surface area (TPSA) is 22.1 Å². The minimum Gasteiger partial charge on any atom is -0.487 e. The number of rotatable bonds is 5. The van der Waals surface area contributed by atoms with Crippen LogP contribution in [0.2, 0.25) is 0 Å². The van der Waals surface area contributed by atoms with Crippen LogP contribution < -0.4 is 4.74 Å². The molecule has 26 heavy (non-hydrogen) atoms. The van der Waals surface area contributed by atoms with Gasteiger partial charge in [-0.1, -0.05) is 54.1 Å². The molecule has 0 spiro atoms. The van der Waals surface area contributed by atoms with Gasteiger partial charge in [0.2, 0.25) is 0 Å². The normalized spacial score (nSPS) is 14.0. The highest BCUT2D eigenvalue weighted by atomic mass is 16.5. The summed E-state index contributed by atoms with van der Waals surface area (Å²) in [6.07, 6.45) is 8.03. The van der Waals surface area contributed by atoms with Crippen LogP contribution in [0.15, 0.2) is 84.0 Å². The Morgan fingerprint density at radius 1 is 0.885 bits per heavy atom. The molecule has 0 saturated carbocycles. The lowest BCUT2D eigenvalue weighted by Crippen LogP contribution is -1.99. The van der Waals surface area contributed by atoms with E-state index in [9.17, 15) is 0 Å². The van der Waals surface area contributed by atoms with Crippen LogP contribution in [0, 0.1) is 0 Å². The molecule has 2 nitrogen and oxygen atoms in total. The molecule has 0 unspecified atom stereocenters. The van der Waals surface area contributed by atoms with Crippen molar-refractivity contribution in [1.82, 2.24) is 4.98 Å². The van der Waals surface area contributed by atoms with Crippen molar-refractivity contribution in [1.29, 1.82) is 0 Å². The summed E-state index contributed by atoms with van der Waals surface area (Å²) in [7, 11) is 0. The van der Waals surface area contributed by atoms with Crippen molar-refractivity contribution in [3.8, 4) is 5.75 Å². The second-order valence-electron chi connectivity index (χ2n) is 6.80. The molecule has 0 bridgehead atoms. The molecule has 1 aliphatic carbocycles. The molecule has 1 aliphatic rings. The van der Waals surface area contributed by atoms with Crippen molar-refractivity contribution in [3.63, 3.8) is 0 Å². The molecule has 2 aromatic carbocycles. The van der Waals surface area contributed by atoms with E-state index in [4.69, 9.17) is 4.74 Å². The van der Waals surface area contributed by atoms with E-state index in [1.54, 1.807) is 0 Å². The number of ether oxygens (including phenoxy) is 1. The van der Waals surface area contributed by atoms with Gasteiger partial charge in [-0.15, -0.1) is 0 Å². The van der Waals surface area contributed by atoms with Gasteiger partial charge in [0.25, 0.3) is 0 Å². The lowest BCUT2D eigenvalue weighted by molar-refractivity contribution is 0.301. The number of nitrogens with zero attached hydrogens (tertiary/aromatic N) is 1. The van der Waals surface area contributed by atoms with Crippen LogP contribution >= 0.6 is 0 Å². The van der Waals surface area contributed by atoms with Gasteiger partial charge in [-0.25, -0.2) is 4.98 Å². The van der Waals surface area contributed by atoms with E-state index in [-0.39, 0.29) is 0 Å². The summed E-state index contributed by atoms with van der Waals surface area (Å²) in [5, 5.41) is 1.15. The van der Waals surface area contributed by atoms with E-state index in [2.05, 4.69) is 60.5 Å². The van der Waals surface area contributed by atoms with Gasteiger partial charge in [-0.3, -0.25) is 0 Å². The van der Waals surface area contributed by atoms with Gasteiger partial charge < -0.3 is 4.74 Å². The van der Waals surface area contributed by atoms with E-state index in [1.807, 2.05) is 24.3 Å². The number of aromatic nitrogens is 1. The van der Waals surface area contributed by atoms with Crippen LogP contribution in [0.4, 0.5) is 0 Å². The third kappa shape index (κ3) is 3.85. The highest BCUT2D eigenvalue weighted by Crippen LogP contribution is 2.23. The van der Waals surface area contributed by atoms with E-state index in [0.29, 0.717) is 6.61 Å². The predicted molar refractivity (Wildman–Crippen MR) is 107 cm³/mol. The molecular formula is C24H23NO. The molecule has 2 heteroatoms. The fourth-order valence-electron chi connectivity index (χ4n) is 3.33. The van der Waals surface area contributed by atoms with Gasteiger partial charge in [0.1, 0.15) is 12.4 Å². The van der Waals surface area contributed by atoms with E-state index in [1.165, 1.54) is 23.1 Å². The smallest absolute Gasteiger partial charge is 0.130 e. The number of fused-ring (bicyclic) bond motifs is 1. The van der Waals surface area contributed by atoms with Crippen molar-refractivity contribution in [2.75, 3.05) is 0 Å².